The van der Waals surface area contributed by atoms with Gasteiger partial charge in [-0.05, 0) is 37.1 Å². The zero-order valence-electron chi connectivity index (χ0n) is 11.7. The number of nitrogens with zero attached hydrogens (tertiary/aromatic N) is 3. The van der Waals surface area contributed by atoms with Crippen LogP contribution < -0.4 is 10.9 Å². The molecule has 0 aliphatic heterocycles. The third-order valence-electron chi connectivity index (χ3n) is 3.02. The highest BCUT2D eigenvalue weighted by atomic mass is 35.5. The summed E-state index contributed by atoms with van der Waals surface area (Å²) in [6.45, 7) is 0.632. The molecule has 0 aliphatic rings. The first-order valence-electron chi connectivity index (χ1n) is 6.78. The summed E-state index contributed by atoms with van der Waals surface area (Å²) in [4.78, 5) is 12.3. The van der Waals surface area contributed by atoms with Crippen molar-refractivity contribution in [3.63, 3.8) is 0 Å². The topological polar surface area (TPSA) is 70.7 Å². The Labute approximate surface area is 138 Å². The average molecular weight is 337 g/mol. The van der Waals surface area contributed by atoms with Gasteiger partial charge in [-0.15, -0.1) is 0 Å². The van der Waals surface area contributed by atoms with Gasteiger partial charge < -0.3 is 5.32 Å². The molecule has 0 spiro atoms. The molecule has 0 saturated carbocycles. The summed E-state index contributed by atoms with van der Waals surface area (Å²) in [7, 11) is 0. The summed E-state index contributed by atoms with van der Waals surface area (Å²) in [5, 5.41) is 16.3. The molecule has 0 aliphatic carbocycles. The van der Waals surface area contributed by atoms with Crippen LogP contribution in [0.2, 0.25) is 10.0 Å². The van der Waals surface area contributed by atoms with Crippen LogP contribution >= 0.6 is 23.2 Å². The molecule has 0 radical (unpaired) electrons. The van der Waals surface area contributed by atoms with Gasteiger partial charge in [0.1, 0.15) is 5.02 Å². The Balaban J connectivity index is 2.14. The predicted molar refractivity (Wildman–Crippen MR) is 87.8 cm³/mol. The van der Waals surface area contributed by atoms with Crippen molar-refractivity contribution < 1.29 is 0 Å². The van der Waals surface area contributed by atoms with Gasteiger partial charge in [0.2, 0.25) is 0 Å². The second-order valence-corrected chi connectivity index (χ2v) is 5.42. The lowest BCUT2D eigenvalue weighted by Gasteiger charge is -2.10. The molecule has 7 heteroatoms. The van der Waals surface area contributed by atoms with Crippen LogP contribution in [0.3, 0.4) is 0 Å². The number of aromatic nitrogens is 2. The molecule has 0 unspecified atom stereocenters. The zero-order chi connectivity index (χ0) is 15.9. The van der Waals surface area contributed by atoms with Gasteiger partial charge in [-0.25, -0.2) is 0 Å². The maximum Gasteiger partial charge on any atom is 0.292 e. The molecule has 1 heterocycles. The summed E-state index contributed by atoms with van der Waals surface area (Å²) in [5.74, 6) is 0. The Morgan fingerprint density at radius 1 is 1.23 bits per heavy atom. The highest BCUT2D eigenvalue weighted by molar-refractivity contribution is 6.33. The van der Waals surface area contributed by atoms with Crippen molar-refractivity contribution in [2.75, 3.05) is 11.9 Å². The van der Waals surface area contributed by atoms with Crippen molar-refractivity contribution >= 4 is 28.9 Å². The van der Waals surface area contributed by atoms with E-state index >= 15 is 0 Å². The van der Waals surface area contributed by atoms with Crippen LogP contribution in [0.5, 0.6) is 0 Å². The maximum atomic E-state index is 12.3. The van der Waals surface area contributed by atoms with E-state index in [1.54, 1.807) is 24.3 Å². The van der Waals surface area contributed by atoms with Crippen LogP contribution in [-0.4, -0.2) is 16.3 Å². The minimum atomic E-state index is -0.397. The minimum absolute atomic E-state index is 0.0882. The fraction of sp³-hybridized carbons (Fsp3) is 0.267. The largest absolute Gasteiger partial charge is 0.382 e. The van der Waals surface area contributed by atoms with E-state index in [1.165, 1.54) is 10.9 Å². The molecule has 2 aromatic rings. The van der Waals surface area contributed by atoms with Crippen LogP contribution in [0.15, 0.2) is 35.3 Å². The van der Waals surface area contributed by atoms with Crippen LogP contribution in [0.1, 0.15) is 19.3 Å². The van der Waals surface area contributed by atoms with Crippen LogP contribution in [0.4, 0.5) is 5.69 Å². The first kappa shape index (κ1) is 16.3. The first-order chi connectivity index (χ1) is 10.6. The number of hydrogen-bond acceptors (Lipinski definition) is 4. The molecule has 1 aromatic carbocycles. The summed E-state index contributed by atoms with van der Waals surface area (Å²) in [6.07, 6.45) is 3.66. The van der Waals surface area contributed by atoms with Crippen LogP contribution in [0.25, 0.3) is 5.69 Å². The van der Waals surface area contributed by atoms with Gasteiger partial charge in [0, 0.05) is 18.0 Å². The van der Waals surface area contributed by atoms with Gasteiger partial charge in [0.25, 0.3) is 5.56 Å². The molecular weight excluding hydrogens is 323 g/mol. The van der Waals surface area contributed by atoms with Gasteiger partial charge in [-0.3, -0.25) is 4.79 Å². The lowest BCUT2D eigenvalue weighted by molar-refractivity contribution is 0.777. The van der Waals surface area contributed by atoms with E-state index in [0.717, 1.165) is 12.8 Å². The summed E-state index contributed by atoms with van der Waals surface area (Å²) >= 11 is 11.9. The molecule has 0 amide bonds. The van der Waals surface area contributed by atoms with E-state index in [1.807, 2.05) is 0 Å². The van der Waals surface area contributed by atoms with Crippen LogP contribution in [-0.2, 0) is 0 Å². The van der Waals surface area contributed by atoms with Gasteiger partial charge in [-0.1, -0.05) is 23.2 Å². The fourth-order valence-electron chi connectivity index (χ4n) is 1.87. The van der Waals surface area contributed by atoms with E-state index in [9.17, 15) is 4.79 Å². The number of anilines is 1. The lowest BCUT2D eigenvalue weighted by atomic mass is 10.2. The highest BCUT2D eigenvalue weighted by Gasteiger charge is 2.10. The smallest absolute Gasteiger partial charge is 0.292 e. The van der Waals surface area contributed by atoms with E-state index in [2.05, 4.69) is 16.5 Å². The predicted octanol–water partition coefficient (Wildman–Crippen LogP) is 3.65. The minimum Gasteiger partial charge on any atom is -0.382 e. The highest BCUT2D eigenvalue weighted by Crippen LogP contribution is 2.17. The summed E-state index contributed by atoms with van der Waals surface area (Å²) < 4.78 is 1.22. The Morgan fingerprint density at radius 2 is 1.95 bits per heavy atom. The number of hydrogen-bond donors (Lipinski definition) is 1. The van der Waals surface area contributed by atoms with Crippen LogP contribution in [0, 0.1) is 11.3 Å². The van der Waals surface area contributed by atoms with E-state index in [4.69, 9.17) is 28.5 Å². The molecule has 0 bridgehead atoms. The number of halogens is 2. The fourth-order valence-corrected chi connectivity index (χ4v) is 2.20. The number of unbranched alkanes of at least 4 members (excludes halogenated alkanes) is 2. The third kappa shape index (κ3) is 4.00. The normalized spacial score (nSPS) is 10.2. The summed E-state index contributed by atoms with van der Waals surface area (Å²) in [5.41, 5.74) is 0.691. The van der Waals surface area contributed by atoms with Crippen molar-refractivity contribution in [1.82, 2.24) is 9.78 Å². The standard InChI is InChI=1S/C15H14Cl2N4O/c16-11-4-6-12(7-5-11)21-15(22)14(17)13(10-20-21)19-9-3-1-2-8-18/h4-7,10,19H,1-3,9H2. The van der Waals surface area contributed by atoms with Crippen molar-refractivity contribution in [2.24, 2.45) is 0 Å². The van der Waals surface area contributed by atoms with Crippen molar-refractivity contribution in [2.45, 2.75) is 19.3 Å². The van der Waals surface area contributed by atoms with Gasteiger partial charge in [0.05, 0.1) is 23.6 Å². The Bertz CT molecular complexity index is 735. The number of nitrogens with one attached hydrogen (secondary N) is 1. The monoisotopic (exact) mass is 336 g/mol. The maximum absolute atomic E-state index is 12.3. The van der Waals surface area contributed by atoms with Crippen molar-refractivity contribution in [3.05, 3.63) is 50.9 Å². The molecule has 114 valence electrons. The number of rotatable bonds is 6. The number of benzene rings is 1. The molecule has 2 rings (SSSR count). The van der Waals surface area contributed by atoms with Gasteiger partial charge in [-0.2, -0.15) is 15.0 Å². The molecule has 0 saturated heterocycles. The van der Waals surface area contributed by atoms with E-state index < -0.39 is 5.56 Å². The Morgan fingerprint density at radius 3 is 2.64 bits per heavy atom. The van der Waals surface area contributed by atoms with E-state index in [0.29, 0.717) is 29.4 Å². The molecular formula is C15H14Cl2N4O. The summed E-state index contributed by atoms with van der Waals surface area (Å²) in [6, 6.07) is 8.84. The molecule has 5 nitrogen and oxygen atoms in total. The molecule has 0 fully saturated rings. The SMILES string of the molecule is N#CCCCCNc1cnn(-c2ccc(Cl)cc2)c(=O)c1Cl. The first-order valence-corrected chi connectivity index (χ1v) is 7.53. The van der Waals surface area contributed by atoms with E-state index in [-0.39, 0.29) is 5.02 Å². The Hall–Kier alpha value is -2.03. The second-order valence-electron chi connectivity index (χ2n) is 4.61. The zero-order valence-corrected chi connectivity index (χ0v) is 13.2. The van der Waals surface area contributed by atoms with Crippen molar-refractivity contribution in [3.8, 4) is 11.8 Å². The van der Waals surface area contributed by atoms with Gasteiger partial charge >= 0.3 is 0 Å². The average Bonchev–Trinajstić information content (AvgIpc) is 2.52. The second kappa shape index (κ2) is 7.83. The third-order valence-corrected chi connectivity index (χ3v) is 3.64. The quantitative estimate of drug-likeness (QED) is 0.817. The van der Waals surface area contributed by atoms with Crippen molar-refractivity contribution in [1.29, 1.82) is 5.26 Å². The molecule has 0 atom stereocenters. The lowest BCUT2D eigenvalue weighted by Crippen LogP contribution is -2.22. The molecule has 1 N–H and O–H groups in total. The Kier molecular flexibility index (Phi) is 5.82. The number of nitriles is 1. The molecule has 1 aromatic heterocycles. The molecule has 22 heavy (non-hydrogen) atoms. The van der Waals surface area contributed by atoms with Gasteiger partial charge in [0.15, 0.2) is 0 Å².